The van der Waals surface area contributed by atoms with E-state index in [1.165, 1.54) is 0 Å². The van der Waals surface area contributed by atoms with Crippen molar-refractivity contribution < 1.29 is 9.90 Å². The zero-order chi connectivity index (χ0) is 13.7. The highest BCUT2D eigenvalue weighted by molar-refractivity contribution is 5.82. The fourth-order valence-electron chi connectivity index (χ4n) is 2.31. The molecule has 0 aromatic heterocycles. The van der Waals surface area contributed by atoms with E-state index >= 15 is 0 Å². The average molecular weight is 257 g/mol. The summed E-state index contributed by atoms with van der Waals surface area (Å²) in [4.78, 5) is 16.2. The summed E-state index contributed by atoms with van der Waals surface area (Å²) in [5.74, 6) is 0.234. The van der Waals surface area contributed by atoms with Gasteiger partial charge < -0.3 is 15.7 Å². The molecule has 18 heavy (non-hydrogen) atoms. The largest absolute Gasteiger partial charge is 0.395 e. The van der Waals surface area contributed by atoms with E-state index < -0.39 is 6.04 Å². The van der Waals surface area contributed by atoms with E-state index in [1.54, 1.807) is 0 Å². The minimum Gasteiger partial charge on any atom is -0.395 e. The molecule has 106 valence electrons. The van der Waals surface area contributed by atoms with E-state index in [9.17, 15) is 9.90 Å². The molecule has 0 aromatic rings. The Hall–Kier alpha value is -0.650. The van der Waals surface area contributed by atoms with Crippen LogP contribution in [-0.2, 0) is 4.79 Å². The molecule has 0 aliphatic carbocycles. The van der Waals surface area contributed by atoms with Gasteiger partial charge in [-0.3, -0.25) is 9.69 Å². The lowest BCUT2D eigenvalue weighted by Gasteiger charge is -2.39. The van der Waals surface area contributed by atoms with Crippen molar-refractivity contribution in [3.63, 3.8) is 0 Å². The third-order valence-electron chi connectivity index (χ3n) is 3.83. The summed E-state index contributed by atoms with van der Waals surface area (Å²) >= 11 is 0. The molecule has 5 nitrogen and oxygen atoms in total. The lowest BCUT2D eigenvalue weighted by molar-refractivity contribution is -0.135. The summed E-state index contributed by atoms with van der Waals surface area (Å²) in [6.07, 6.45) is 0.940. The predicted molar refractivity (Wildman–Crippen MR) is 72.1 cm³/mol. The van der Waals surface area contributed by atoms with Gasteiger partial charge in [0.1, 0.15) is 0 Å². The molecule has 0 aromatic carbocycles. The van der Waals surface area contributed by atoms with Gasteiger partial charge in [-0.1, -0.05) is 20.8 Å². The van der Waals surface area contributed by atoms with Crippen LogP contribution in [0.25, 0.3) is 0 Å². The third kappa shape index (κ3) is 3.67. The highest BCUT2D eigenvalue weighted by Crippen LogP contribution is 2.11. The van der Waals surface area contributed by atoms with Crippen molar-refractivity contribution in [1.82, 2.24) is 9.80 Å². The average Bonchev–Trinajstić information content (AvgIpc) is 2.39. The van der Waals surface area contributed by atoms with Gasteiger partial charge in [-0.05, 0) is 12.3 Å². The van der Waals surface area contributed by atoms with E-state index in [2.05, 4.69) is 11.8 Å². The maximum atomic E-state index is 12.1. The fourth-order valence-corrected chi connectivity index (χ4v) is 2.31. The van der Waals surface area contributed by atoms with Crippen LogP contribution in [-0.4, -0.2) is 65.7 Å². The van der Waals surface area contributed by atoms with Gasteiger partial charge in [-0.25, -0.2) is 0 Å². The molecule has 1 heterocycles. The van der Waals surface area contributed by atoms with Gasteiger partial charge in [0.15, 0.2) is 0 Å². The Balaban J connectivity index is 2.46. The summed E-state index contributed by atoms with van der Waals surface area (Å²) in [5, 5.41) is 9.27. The zero-order valence-electron chi connectivity index (χ0n) is 11.8. The number of amides is 1. The van der Waals surface area contributed by atoms with Gasteiger partial charge in [0.05, 0.1) is 12.6 Å². The highest BCUT2D eigenvalue weighted by Gasteiger charge is 2.28. The van der Waals surface area contributed by atoms with Crippen LogP contribution in [0.5, 0.6) is 0 Å². The van der Waals surface area contributed by atoms with Crippen LogP contribution in [0, 0.1) is 5.92 Å². The number of aliphatic hydroxyl groups is 1. The van der Waals surface area contributed by atoms with Crippen molar-refractivity contribution in [2.75, 3.05) is 32.8 Å². The fraction of sp³-hybridized carbons (Fsp3) is 0.923. The number of aliphatic hydroxyl groups excluding tert-OH is 1. The van der Waals surface area contributed by atoms with Crippen molar-refractivity contribution in [2.45, 2.75) is 39.3 Å². The number of hydrogen-bond acceptors (Lipinski definition) is 4. The molecule has 1 unspecified atom stereocenters. The van der Waals surface area contributed by atoms with Gasteiger partial charge in [0, 0.05) is 32.2 Å². The summed E-state index contributed by atoms with van der Waals surface area (Å²) in [6, 6.07) is -0.169. The van der Waals surface area contributed by atoms with E-state index in [-0.39, 0.29) is 24.5 Å². The lowest BCUT2D eigenvalue weighted by atomic mass is 10.0. The molecule has 1 fully saturated rings. The SMILES string of the molecule is CCC(CO)N1CCN(C(=O)[C@@H](N)C(C)C)CC1. The van der Waals surface area contributed by atoms with Crippen LogP contribution in [0.2, 0.25) is 0 Å². The maximum absolute atomic E-state index is 12.1. The molecule has 5 heteroatoms. The van der Waals surface area contributed by atoms with Gasteiger partial charge in [0.25, 0.3) is 0 Å². The minimum absolute atomic E-state index is 0.0571. The highest BCUT2D eigenvalue weighted by atomic mass is 16.3. The maximum Gasteiger partial charge on any atom is 0.239 e. The molecule has 1 amide bonds. The first-order valence-electron chi connectivity index (χ1n) is 6.90. The molecular formula is C13H27N3O2. The predicted octanol–water partition coefficient (Wildman–Crippen LogP) is -0.115. The minimum atomic E-state index is -0.392. The Kier molecular flexibility index (Phi) is 6.05. The molecule has 0 spiro atoms. The first-order valence-corrected chi connectivity index (χ1v) is 6.90. The first kappa shape index (κ1) is 15.4. The molecule has 0 saturated carbocycles. The number of nitrogens with two attached hydrogens (primary N) is 1. The van der Waals surface area contributed by atoms with Crippen LogP contribution in [0.15, 0.2) is 0 Å². The topological polar surface area (TPSA) is 69.8 Å². The number of nitrogens with zero attached hydrogens (tertiary/aromatic N) is 2. The number of rotatable bonds is 5. The molecule has 2 atom stereocenters. The van der Waals surface area contributed by atoms with Gasteiger partial charge in [-0.15, -0.1) is 0 Å². The second kappa shape index (κ2) is 7.07. The Morgan fingerprint density at radius 1 is 1.28 bits per heavy atom. The van der Waals surface area contributed by atoms with Gasteiger partial charge in [0.2, 0.25) is 5.91 Å². The standard InChI is InChI=1S/C13H27N3O2/c1-4-11(9-17)15-5-7-16(8-6-15)13(18)12(14)10(2)3/h10-12,17H,4-9,14H2,1-3H3/t11?,12-/m0/s1. The molecule has 0 bridgehead atoms. The van der Waals surface area contributed by atoms with Gasteiger partial charge in [-0.2, -0.15) is 0 Å². The van der Waals surface area contributed by atoms with Crippen molar-refractivity contribution in [2.24, 2.45) is 11.7 Å². The number of carbonyl (C=O) groups excluding carboxylic acids is 1. The zero-order valence-corrected chi connectivity index (χ0v) is 11.8. The van der Waals surface area contributed by atoms with Crippen molar-refractivity contribution in [1.29, 1.82) is 0 Å². The number of hydrogen-bond donors (Lipinski definition) is 2. The number of piperazine rings is 1. The van der Waals surface area contributed by atoms with Crippen LogP contribution >= 0.6 is 0 Å². The summed E-state index contributed by atoms with van der Waals surface area (Å²) in [5.41, 5.74) is 5.89. The van der Waals surface area contributed by atoms with Crippen LogP contribution in [0.3, 0.4) is 0 Å². The quantitative estimate of drug-likeness (QED) is 0.721. The molecule has 1 aliphatic heterocycles. The Morgan fingerprint density at radius 2 is 1.83 bits per heavy atom. The number of carbonyl (C=O) groups is 1. The summed E-state index contributed by atoms with van der Waals surface area (Å²) in [6.45, 7) is 9.30. The molecule has 1 saturated heterocycles. The Morgan fingerprint density at radius 3 is 2.22 bits per heavy atom. The molecule has 1 rings (SSSR count). The first-order chi connectivity index (χ1) is 8.51. The third-order valence-corrected chi connectivity index (χ3v) is 3.83. The van der Waals surface area contributed by atoms with Crippen LogP contribution in [0.4, 0.5) is 0 Å². The van der Waals surface area contributed by atoms with E-state index in [4.69, 9.17) is 5.73 Å². The Bertz CT molecular complexity index is 259. The van der Waals surface area contributed by atoms with E-state index in [0.29, 0.717) is 0 Å². The Labute approximate surface area is 110 Å². The normalized spacial score (nSPS) is 21.1. The second-order valence-corrected chi connectivity index (χ2v) is 5.38. The molecule has 3 N–H and O–H groups in total. The second-order valence-electron chi connectivity index (χ2n) is 5.38. The van der Waals surface area contributed by atoms with Crippen molar-refractivity contribution >= 4 is 5.91 Å². The smallest absolute Gasteiger partial charge is 0.239 e. The lowest BCUT2D eigenvalue weighted by Crippen LogP contribution is -2.56. The van der Waals surface area contributed by atoms with E-state index in [0.717, 1.165) is 32.6 Å². The monoisotopic (exact) mass is 257 g/mol. The van der Waals surface area contributed by atoms with E-state index in [1.807, 2.05) is 18.7 Å². The summed E-state index contributed by atoms with van der Waals surface area (Å²) in [7, 11) is 0. The molecular weight excluding hydrogens is 230 g/mol. The van der Waals surface area contributed by atoms with Crippen LogP contribution in [0.1, 0.15) is 27.2 Å². The van der Waals surface area contributed by atoms with Crippen LogP contribution < -0.4 is 5.73 Å². The molecule has 1 aliphatic rings. The van der Waals surface area contributed by atoms with Crippen molar-refractivity contribution in [3.05, 3.63) is 0 Å². The van der Waals surface area contributed by atoms with Crippen molar-refractivity contribution in [3.8, 4) is 0 Å². The van der Waals surface area contributed by atoms with Gasteiger partial charge >= 0.3 is 0 Å². The molecule has 0 radical (unpaired) electrons. The summed E-state index contributed by atoms with van der Waals surface area (Å²) < 4.78 is 0.